The van der Waals surface area contributed by atoms with Gasteiger partial charge in [-0.05, 0) is 40.2 Å². The number of pyridine rings is 1. The van der Waals surface area contributed by atoms with E-state index in [1.807, 2.05) is 6.07 Å². The van der Waals surface area contributed by atoms with E-state index < -0.39 is 17.5 Å². The number of hydrogen-bond acceptors (Lipinski definition) is 4. The van der Waals surface area contributed by atoms with Gasteiger partial charge in [0.05, 0.1) is 18.0 Å². The van der Waals surface area contributed by atoms with E-state index in [9.17, 15) is 9.18 Å². The standard InChI is InChI=1S/C12H6BrFN2O2/c13-11-4-3-10(18-11)12(17)8(5-15)9-2-1-7(14)6-16-9/h1-4,6,8H. The van der Waals surface area contributed by atoms with Crippen LogP contribution in [0.3, 0.4) is 0 Å². The van der Waals surface area contributed by atoms with E-state index in [4.69, 9.17) is 9.68 Å². The van der Waals surface area contributed by atoms with Gasteiger partial charge in [0.2, 0.25) is 5.78 Å². The highest BCUT2D eigenvalue weighted by Gasteiger charge is 2.25. The summed E-state index contributed by atoms with van der Waals surface area (Å²) in [5, 5.41) is 9.03. The summed E-state index contributed by atoms with van der Waals surface area (Å²) in [5.41, 5.74) is 0.191. The predicted octanol–water partition coefficient (Wildman–Crippen LogP) is 3.07. The maximum atomic E-state index is 12.7. The van der Waals surface area contributed by atoms with E-state index in [0.717, 1.165) is 12.3 Å². The number of Topliss-reactive ketones (excluding diaryl/α,β-unsaturated/α-hetero) is 1. The summed E-state index contributed by atoms with van der Waals surface area (Å²) in [6.07, 6.45) is 0.963. The van der Waals surface area contributed by atoms with Crippen molar-refractivity contribution in [2.75, 3.05) is 0 Å². The molecule has 90 valence electrons. The average molecular weight is 309 g/mol. The molecular weight excluding hydrogens is 303 g/mol. The molecule has 0 spiro atoms. The Morgan fingerprint density at radius 3 is 2.72 bits per heavy atom. The number of carbonyl (C=O) groups excluding carboxylic acids is 1. The van der Waals surface area contributed by atoms with Gasteiger partial charge >= 0.3 is 0 Å². The van der Waals surface area contributed by atoms with Crippen LogP contribution in [0.4, 0.5) is 4.39 Å². The van der Waals surface area contributed by atoms with Crippen molar-refractivity contribution in [2.24, 2.45) is 0 Å². The maximum absolute atomic E-state index is 12.7. The van der Waals surface area contributed by atoms with Gasteiger partial charge in [-0.25, -0.2) is 4.39 Å². The second kappa shape index (κ2) is 5.10. The Bertz CT molecular complexity index is 616. The van der Waals surface area contributed by atoms with Crippen LogP contribution in [0.15, 0.2) is 39.5 Å². The molecule has 0 N–H and O–H groups in total. The molecule has 0 amide bonds. The normalized spacial score (nSPS) is 11.8. The van der Waals surface area contributed by atoms with Crippen LogP contribution in [0, 0.1) is 17.1 Å². The largest absolute Gasteiger partial charge is 0.446 e. The summed E-state index contributed by atoms with van der Waals surface area (Å²) in [6, 6.07) is 7.30. The van der Waals surface area contributed by atoms with Gasteiger partial charge in [-0.3, -0.25) is 9.78 Å². The van der Waals surface area contributed by atoms with Gasteiger partial charge in [0.1, 0.15) is 5.82 Å². The predicted molar refractivity (Wildman–Crippen MR) is 63.3 cm³/mol. The fourth-order valence-electron chi connectivity index (χ4n) is 1.41. The molecule has 2 aromatic rings. The molecule has 0 fully saturated rings. The molecule has 18 heavy (non-hydrogen) atoms. The first-order valence-corrected chi connectivity index (χ1v) is 5.71. The van der Waals surface area contributed by atoms with Crippen LogP contribution in [0.2, 0.25) is 0 Å². The van der Waals surface area contributed by atoms with E-state index in [1.54, 1.807) is 6.07 Å². The molecule has 2 heterocycles. The number of furan rings is 1. The SMILES string of the molecule is N#CC(C(=O)c1ccc(Br)o1)c1ccc(F)cn1. The van der Waals surface area contributed by atoms with Crippen LogP contribution in [-0.4, -0.2) is 10.8 Å². The van der Waals surface area contributed by atoms with E-state index in [0.29, 0.717) is 4.67 Å². The second-order valence-electron chi connectivity index (χ2n) is 3.43. The molecule has 4 nitrogen and oxygen atoms in total. The molecule has 1 unspecified atom stereocenters. The fraction of sp³-hybridized carbons (Fsp3) is 0.0833. The van der Waals surface area contributed by atoms with Crippen LogP contribution in [-0.2, 0) is 0 Å². The van der Waals surface area contributed by atoms with Crippen molar-refractivity contribution in [2.45, 2.75) is 5.92 Å². The van der Waals surface area contributed by atoms with Gasteiger partial charge in [0.15, 0.2) is 16.3 Å². The van der Waals surface area contributed by atoms with Gasteiger partial charge in [0, 0.05) is 0 Å². The molecule has 1 atom stereocenters. The van der Waals surface area contributed by atoms with E-state index >= 15 is 0 Å². The molecule has 0 aliphatic heterocycles. The zero-order chi connectivity index (χ0) is 13.1. The topological polar surface area (TPSA) is 66.9 Å². The summed E-state index contributed by atoms with van der Waals surface area (Å²) in [4.78, 5) is 15.7. The number of hydrogen-bond donors (Lipinski definition) is 0. The lowest BCUT2D eigenvalue weighted by Gasteiger charge is -2.05. The third kappa shape index (κ3) is 2.46. The van der Waals surface area contributed by atoms with Crippen molar-refractivity contribution in [3.63, 3.8) is 0 Å². The Morgan fingerprint density at radius 2 is 2.22 bits per heavy atom. The second-order valence-corrected chi connectivity index (χ2v) is 4.21. The number of nitrogens with zero attached hydrogens (tertiary/aromatic N) is 2. The molecule has 0 aromatic carbocycles. The van der Waals surface area contributed by atoms with Crippen LogP contribution in [0.1, 0.15) is 22.2 Å². The molecule has 0 aliphatic rings. The number of ketones is 1. The molecule has 0 saturated heterocycles. The Labute approximate surface area is 110 Å². The summed E-state index contributed by atoms with van der Waals surface area (Å²) in [7, 11) is 0. The summed E-state index contributed by atoms with van der Waals surface area (Å²) < 4.78 is 18.2. The Kier molecular flexibility index (Phi) is 3.53. The van der Waals surface area contributed by atoms with E-state index in [1.165, 1.54) is 12.1 Å². The highest BCUT2D eigenvalue weighted by atomic mass is 79.9. The quantitative estimate of drug-likeness (QED) is 0.817. The molecule has 6 heteroatoms. The fourth-order valence-corrected chi connectivity index (χ4v) is 1.71. The van der Waals surface area contributed by atoms with Crippen molar-refractivity contribution in [1.82, 2.24) is 4.98 Å². The van der Waals surface area contributed by atoms with Gasteiger partial charge in [0.25, 0.3) is 0 Å². The van der Waals surface area contributed by atoms with Crippen molar-refractivity contribution in [1.29, 1.82) is 5.26 Å². The van der Waals surface area contributed by atoms with Crippen molar-refractivity contribution < 1.29 is 13.6 Å². The third-order valence-corrected chi connectivity index (χ3v) is 2.68. The van der Waals surface area contributed by atoms with Crippen LogP contribution in [0.5, 0.6) is 0 Å². The molecule has 2 aromatic heterocycles. The minimum absolute atomic E-state index is 0.0551. The van der Waals surface area contributed by atoms with Crippen LogP contribution in [0.25, 0.3) is 0 Å². The van der Waals surface area contributed by atoms with Gasteiger partial charge < -0.3 is 4.42 Å². The van der Waals surface area contributed by atoms with Crippen LogP contribution < -0.4 is 0 Å². The van der Waals surface area contributed by atoms with E-state index in [2.05, 4.69) is 20.9 Å². The molecule has 0 aliphatic carbocycles. The first-order valence-electron chi connectivity index (χ1n) is 4.92. The highest BCUT2D eigenvalue weighted by Crippen LogP contribution is 2.22. The monoisotopic (exact) mass is 308 g/mol. The van der Waals surface area contributed by atoms with Gasteiger partial charge in [-0.2, -0.15) is 5.26 Å². The third-order valence-electron chi connectivity index (χ3n) is 2.25. The molecule has 0 saturated carbocycles. The summed E-state index contributed by atoms with van der Waals surface area (Å²) >= 11 is 3.07. The minimum atomic E-state index is -1.11. The zero-order valence-electron chi connectivity index (χ0n) is 8.93. The van der Waals surface area contributed by atoms with Gasteiger partial charge in [-0.1, -0.05) is 0 Å². The lowest BCUT2D eigenvalue weighted by Crippen LogP contribution is -2.12. The van der Waals surface area contributed by atoms with Gasteiger partial charge in [-0.15, -0.1) is 0 Å². The van der Waals surface area contributed by atoms with Crippen molar-refractivity contribution >= 4 is 21.7 Å². The zero-order valence-corrected chi connectivity index (χ0v) is 10.5. The number of aromatic nitrogens is 1. The average Bonchev–Trinajstić information content (AvgIpc) is 2.79. The van der Waals surface area contributed by atoms with Crippen LogP contribution >= 0.6 is 15.9 Å². The minimum Gasteiger partial charge on any atom is -0.446 e. The first kappa shape index (κ1) is 12.5. The summed E-state index contributed by atoms with van der Waals surface area (Å²) in [6.45, 7) is 0. The molecular formula is C12H6BrFN2O2. The molecule has 0 radical (unpaired) electrons. The molecule has 0 bridgehead atoms. The lowest BCUT2D eigenvalue weighted by atomic mass is 9.99. The first-order chi connectivity index (χ1) is 8.61. The highest BCUT2D eigenvalue weighted by molar-refractivity contribution is 9.10. The Hall–Kier alpha value is -2.00. The van der Waals surface area contributed by atoms with E-state index in [-0.39, 0.29) is 11.5 Å². The smallest absolute Gasteiger partial charge is 0.221 e. The maximum Gasteiger partial charge on any atom is 0.221 e. The number of carbonyl (C=O) groups is 1. The Balaban J connectivity index is 2.32. The molecule has 2 rings (SSSR count). The number of halogens is 2. The lowest BCUT2D eigenvalue weighted by molar-refractivity contribution is 0.0949. The van der Waals surface area contributed by atoms with Crippen molar-refractivity contribution in [3.05, 3.63) is 52.4 Å². The Morgan fingerprint density at radius 1 is 1.44 bits per heavy atom. The number of rotatable bonds is 3. The van der Waals surface area contributed by atoms with Crippen molar-refractivity contribution in [3.8, 4) is 6.07 Å². The summed E-state index contributed by atoms with van der Waals surface area (Å²) in [5.74, 6) is -2.09. The number of nitriles is 1.